The van der Waals surface area contributed by atoms with Gasteiger partial charge < -0.3 is 28.8 Å². The number of carbonyl (C=O) groups excluding carboxylic acids is 1. The summed E-state index contributed by atoms with van der Waals surface area (Å²) in [6.45, 7) is 4.67. The summed E-state index contributed by atoms with van der Waals surface area (Å²) >= 11 is 0. The average Bonchev–Trinajstić information content (AvgIpc) is 3.71. The molecule has 0 radical (unpaired) electrons. The molecular weight excluding hydrogens is 1100 g/mol. The Morgan fingerprint density at radius 1 is 0.409 bits per heavy atom. The Morgan fingerprint density at radius 2 is 0.693 bits per heavy atom. The molecule has 0 aromatic rings. The van der Waals surface area contributed by atoms with Crippen LogP contribution in [-0.4, -0.2) is 68.5 Å². The third-order valence-corrected chi connectivity index (χ3v) is 19.0. The third-order valence-electron chi connectivity index (χ3n) is 18.1. The summed E-state index contributed by atoms with van der Waals surface area (Å²) < 4.78 is 23.6. The van der Waals surface area contributed by atoms with Gasteiger partial charge in [-0.2, -0.15) is 0 Å². The van der Waals surface area contributed by atoms with Gasteiger partial charge in [-0.15, -0.1) is 0 Å². The van der Waals surface area contributed by atoms with Crippen molar-refractivity contribution in [2.24, 2.45) is 0 Å². The van der Waals surface area contributed by atoms with E-state index in [4.69, 9.17) is 9.05 Å². The molecule has 0 heterocycles. The molecule has 88 heavy (non-hydrogen) atoms. The maximum absolute atomic E-state index is 13.1. The Kier molecular flexibility index (Phi) is 68.6. The molecule has 0 spiro atoms. The van der Waals surface area contributed by atoms with Crippen LogP contribution in [0, 0.1) is 0 Å². The van der Waals surface area contributed by atoms with E-state index in [0.717, 1.165) is 64.2 Å². The van der Waals surface area contributed by atoms with Gasteiger partial charge in [-0.05, 0) is 51.4 Å². The molecule has 0 saturated carbocycles. The van der Waals surface area contributed by atoms with Crippen LogP contribution in [0.1, 0.15) is 399 Å². The monoisotopic (exact) mass is 1260 g/mol. The fraction of sp³-hybridized carbons (Fsp3) is 0.886. The van der Waals surface area contributed by atoms with Gasteiger partial charge in [0.25, 0.3) is 7.82 Å². The number of aliphatic hydroxyl groups excluding tert-OH is 1. The van der Waals surface area contributed by atoms with E-state index in [0.29, 0.717) is 23.9 Å². The first-order valence-corrected chi connectivity index (χ1v) is 40.4. The van der Waals surface area contributed by atoms with E-state index in [1.54, 1.807) is 0 Å². The van der Waals surface area contributed by atoms with Crippen molar-refractivity contribution in [3.05, 3.63) is 48.6 Å². The molecule has 9 heteroatoms. The predicted molar refractivity (Wildman–Crippen MR) is 385 cm³/mol. The lowest BCUT2D eigenvalue weighted by molar-refractivity contribution is -0.870. The average molecular weight is 1260 g/mol. The zero-order valence-electron chi connectivity index (χ0n) is 59.7. The first-order valence-electron chi connectivity index (χ1n) is 39.0. The number of nitrogens with one attached hydrogen (secondary N) is 1. The van der Waals surface area contributed by atoms with E-state index in [9.17, 15) is 19.4 Å². The largest absolute Gasteiger partial charge is 0.756 e. The van der Waals surface area contributed by atoms with Crippen LogP contribution in [0.4, 0.5) is 0 Å². The second-order valence-electron chi connectivity index (χ2n) is 28.0. The lowest BCUT2D eigenvalue weighted by Gasteiger charge is -2.30. The third kappa shape index (κ3) is 71.9. The van der Waals surface area contributed by atoms with E-state index in [-0.39, 0.29) is 19.1 Å². The van der Waals surface area contributed by atoms with Gasteiger partial charge in [0.15, 0.2) is 0 Å². The van der Waals surface area contributed by atoms with Crippen LogP contribution < -0.4 is 10.2 Å². The zero-order valence-corrected chi connectivity index (χ0v) is 60.6. The molecule has 0 rings (SSSR count). The first kappa shape index (κ1) is 86.5. The molecule has 0 aliphatic carbocycles. The van der Waals surface area contributed by atoms with Crippen LogP contribution in [0.2, 0.25) is 0 Å². The minimum Gasteiger partial charge on any atom is -0.756 e. The van der Waals surface area contributed by atoms with Crippen molar-refractivity contribution >= 4 is 13.7 Å². The van der Waals surface area contributed by atoms with Gasteiger partial charge in [0, 0.05) is 6.42 Å². The topological polar surface area (TPSA) is 108 Å². The molecule has 8 nitrogen and oxygen atoms in total. The van der Waals surface area contributed by atoms with E-state index in [1.165, 1.54) is 308 Å². The predicted octanol–water partition coefficient (Wildman–Crippen LogP) is 24.7. The molecule has 0 aliphatic heterocycles. The summed E-state index contributed by atoms with van der Waals surface area (Å²) in [7, 11) is 1.33. The second kappa shape index (κ2) is 69.8. The van der Waals surface area contributed by atoms with Gasteiger partial charge in [0.05, 0.1) is 39.9 Å². The van der Waals surface area contributed by atoms with Crippen LogP contribution in [0.3, 0.4) is 0 Å². The number of aliphatic hydroxyl groups is 1. The number of hydrogen-bond donors (Lipinski definition) is 2. The van der Waals surface area contributed by atoms with Crippen molar-refractivity contribution < 1.29 is 32.9 Å². The summed E-state index contributed by atoms with van der Waals surface area (Å²) in [4.78, 5) is 25.7. The van der Waals surface area contributed by atoms with E-state index in [2.05, 4.69) is 67.8 Å². The van der Waals surface area contributed by atoms with Crippen molar-refractivity contribution in [3.8, 4) is 0 Å². The number of amides is 1. The van der Waals surface area contributed by atoms with Crippen molar-refractivity contribution in [3.63, 3.8) is 0 Å². The number of allylic oxidation sites excluding steroid dienone is 8. The van der Waals surface area contributed by atoms with Gasteiger partial charge in [-0.1, -0.05) is 390 Å². The smallest absolute Gasteiger partial charge is 0.268 e. The molecule has 3 atom stereocenters. The van der Waals surface area contributed by atoms with Crippen LogP contribution in [0.25, 0.3) is 0 Å². The first-order chi connectivity index (χ1) is 43.0. The fourth-order valence-corrected chi connectivity index (χ4v) is 12.8. The number of rotatable bonds is 73. The molecule has 0 aromatic carbocycles. The van der Waals surface area contributed by atoms with Gasteiger partial charge >= 0.3 is 0 Å². The van der Waals surface area contributed by atoms with E-state index in [1.807, 2.05) is 21.1 Å². The number of phosphoric acid groups is 1. The number of unbranched alkanes of at least 4 members (excludes halogenated alkanes) is 52. The van der Waals surface area contributed by atoms with Gasteiger partial charge in [-0.3, -0.25) is 9.36 Å². The number of phosphoric ester groups is 1. The van der Waals surface area contributed by atoms with Gasteiger partial charge in [0.2, 0.25) is 5.91 Å². The Labute approximate surface area is 549 Å². The summed E-state index contributed by atoms with van der Waals surface area (Å²) in [6, 6.07) is -0.800. The maximum Gasteiger partial charge on any atom is 0.268 e. The Hall–Kier alpha value is -1.54. The number of carbonyl (C=O) groups is 1. The van der Waals surface area contributed by atoms with Crippen molar-refractivity contribution in [2.75, 3.05) is 40.9 Å². The van der Waals surface area contributed by atoms with Crippen LogP contribution in [0.15, 0.2) is 48.6 Å². The quantitative estimate of drug-likeness (QED) is 0.0272. The highest BCUT2D eigenvalue weighted by Crippen LogP contribution is 2.38. The Bertz CT molecular complexity index is 1580. The molecule has 0 fully saturated rings. The number of hydrogen-bond acceptors (Lipinski definition) is 6. The van der Waals surface area contributed by atoms with Crippen molar-refractivity contribution in [1.82, 2.24) is 5.32 Å². The minimum atomic E-state index is -4.58. The molecule has 1 amide bonds. The minimum absolute atomic E-state index is 0.0150. The van der Waals surface area contributed by atoms with Gasteiger partial charge in [-0.25, -0.2) is 0 Å². The maximum atomic E-state index is 13.1. The molecule has 0 saturated heterocycles. The molecule has 3 unspecified atom stereocenters. The summed E-state index contributed by atoms with van der Waals surface area (Å²) in [5, 5.41) is 14.1. The van der Waals surface area contributed by atoms with Crippen LogP contribution >= 0.6 is 7.82 Å². The highest BCUT2D eigenvalue weighted by atomic mass is 31.2. The summed E-state index contributed by atoms with van der Waals surface area (Å²) in [5.74, 6) is -0.155. The van der Waals surface area contributed by atoms with Crippen LogP contribution in [-0.2, 0) is 18.4 Å². The summed E-state index contributed by atoms with van der Waals surface area (Å²) in [6.07, 6.45) is 95.2. The highest BCUT2D eigenvalue weighted by Gasteiger charge is 2.24. The molecule has 0 aliphatic rings. The number of nitrogens with zero attached hydrogens (tertiary/aromatic N) is 1. The lowest BCUT2D eigenvalue weighted by Crippen LogP contribution is -2.46. The number of likely N-dealkylation sites (N-methyl/N-ethyl adjacent to an activating group) is 1. The van der Waals surface area contributed by atoms with Crippen LogP contribution in [0.5, 0.6) is 0 Å². The van der Waals surface area contributed by atoms with Crippen molar-refractivity contribution in [1.29, 1.82) is 0 Å². The van der Waals surface area contributed by atoms with Gasteiger partial charge in [0.1, 0.15) is 13.2 Å². The molecule has 520 valence electrons. The molecule has 0 bridgehead atoms. The Morgan fingerprint density at radius 3 is 1.01 bits per heavy atom. The normalized spacial score (nSPS) is 13.8. The summed E-state index contributed by atoms with van der Waals surface area (Å²) in [5.41, 5.74) is 0. The van der Waals surface area contributed by atoms with Crippen molar-refractivity contribution in [2.45, 2.75) is 411 Å². The lowest BCUT2D eigenvalue weighted by atomic mass is 10.0. The molecular formula is C79H153N2O6P. The van der Waals surface area contributed by atoms with E-state index >= 15 is 0 Å². The highest BCUT2D eigenvalue weighted by molar-refractivity contribution is 7.45. The standard InChI is InChI=1S/C79H153N2O6P/c1-6-8-10-12-14-16-18-20-22-24-26-28-30-32-33-34-35-36-37-38-39-40-41-42-43-44-45-46-47-49-51-53-55-57-59-61-63-65-67-69-71-73-79(83)80-77(76-87-88(84,85)86-75-74-81(3,4)5)78(82)72-70-68-66-64-62-60-58-56-54-52-50-48-31-29-27-25-23-21-19-17-15-13-11-9-7-2/h8,10,14,16,20,22,26,28,77-78,82H,6-7,9,11-13,15,17-19,21,23-25,27,29-76H2,1-5H3,(H-,80,83,84,85)/b10-8-,16-14-,22-20-,28-26-. The zero-order chi connectivity index (χ0) is 64.1. The SMILES string of the molecule is CC/C=C\C/C=C\C/C=C\C/C=C\CCCCCCCCCCCCCCCCCCCCCCCCCCCCCCC(=O)NC(COP(=O)([O-])OCC[N+](C)(C)C)C(O)CCCCCCCCCCCCCCCCCCCCCCCCCCC. The fourth-order valence-electron chi connectivity index (χ4n) is 12.1. The van der Waals surface area contributed by atoms with E-state index < -0.39 is 20.0 Å². The second-order valence-corrected chi connectivity index (χ2v) is 29.5. The number of quaternary nitrogens is 1. The Balaban J connectivity index is 3.88. The molecule has 2 N–H and O–H groups in total. The molecule has 0 aromatic heterocycles.